The molecule has 0 aliphatic rings. The summed E-state index contributed by atoms with van der Waals surface area (Å²) >= 11 is 3.30. The fourth-order valence-corrected chi connectivity index (χ4v) is 2.36. The number of aromatic hydroxyl groups is 1. The number of phenols is 1. The number of nitrogens with zero attached hydrogens (tertiary/aromatic N) is 1. The Bertz CT molecular complexity index is 673. The van der Waals surface area contributed by atoms with Crippen LogP contribution in [0.4, 0.5) is 0 Å². The van der Waals surface area contributed by atoms with Gasteiger partial charge < -0.3 is 14.7 Å². The van der Waals surface area contributed by atoms with Crippen molar-refractivity contribution in [2.45, 2.75) is 6.92 Å². The van der Waals surface area contributed by atoms with Gasteiger partial charge in [0.25, 0.3) is 5.91 Å². The smallest absolute Gasteiger partial charge is 0.257 e. The standard InChI is InChI=1S/C17H18BrNO3/c1-12-5-3-4-6-16(12)22-10-9-19(2)17(21)14-11-13(18)7-8-15(14)20/h3-8,11,20H,9-10H2,1-2H3. The Morgan fingerprint density at radius 2 is 2.00 bits per heavy atom. The Hall–Kier alpha value is -2.01. The third-order valence-electron chi connectivity index (χ3n) is 3.31. The maximum atomic E-state index is 12.3. The molecule has 1 amide bonds. The number of carbonyl (C=O) groups excluding carboxylic acids is 1. The van der Waals surface area contributed by atoms with E-state index in [0.29, 0.717) is 13.2 Å². The second kappa shape index (κ2) is 7.31. The largest absolute Gasteiger partial charge is 0.507 e. The zero-order valence-electron chi connectivity index (χ0n) is 12.5. The number of hydrogen-bond donors (Lipinski definition) is 1. The first-order chi connectivity index (χ1) is 10.5. The van der Waals surface area contributed by atoms with E-state index >= 15 is 0 Å². The van der Waals surface area contributed by atoms with Crippen LogP contribution in [0.15, 0.2) is 46.9 Å². The van der Waals surface area contributed by atoms with Crippen LogP contribution in [-0.4, -0.2) is 36.1 Å². The molecule has 2 aromatic carbocycles. The molecular formula is C17H18BrNO3. The molecule has 0 fully saturated rings. The molecule has 0 saturated carbocycles. The van der Waals surface area contributed by atoms with Gasteiger partial charge in [0.05, 0.1) is 12.1 Å². The third-order valence-corrected chi connectivity index (χ3v) is 3.81. The normalized spacial score (nSPS) is 10.3. The van der Waals surface area contributed by atoms with E-state index < -0.39 is 0 Å². The number of hydrogen-bond acceptors (Lipinski definition) is 3. The van der Waals surface area contributed by atoms with Crippen LogP contribution in [0.1, 0.15) is 15.9 Å². The quantitative estimate of drug-likeness (QED) is 0.882. The Balaban J connectivity index is 1.94. The molecule has 0 spiro atoms. The molecule has 0 aliphatic carbocycles. The number of amides is 1. The highest BCUT2D eigenvalue weighted by Gasteiger charge is 2.16. The van der Waals surface area contributed by atoms with E-state index in [1.54, 1.807) is 19.2 Å². The highest BCUT2D eigenvalue weighted by atomic mass is 79.9. The summed E-state index contributed by atoms with van der Waals surface area (Å²) in [7, 11) is 1.68. The summed E-state index contributed by atoms with van der Waals surface area (Å²) in [6.45, 7) is 2.80. The van der Waals surface area contributed by atoms with E-state index in [9.17, 15) is 9.90 Å². The zero-order chi connectivity index (χ0) is 16.1. The SMILES string of the molecule is Cc1ccccc1OCCN(C)C(=O)c1cc(Br)ccc1O. The predicted octanol–water partition coefficient (Wildman–Crippen LogP) is 3.61. The zero-order valence-corrected chi connectivity index (χ0v) is 14.1. The van der Waals surface area contributed by atoms with Crippen LogP contribution >= 0.6 is 15.9 Å². The second-order valence-electron chi connectivity index (χ2n) is 5.00. The van der Waals surface area contributed by atoms with Gasteiger partial charge in [-0.2, -0.15) is 0 Å². The molecule has 0 aromatic heterocycles. The van der Waals surface area contributed by atoms with Gasteiger partial charge in [-0.05, 0) is 36.8 Å². The summed E-state index contributed by atoms with van der Waals surface area (Å²) in [6.07, 6.45) is 0. The molecule has 0 aliphatic heterocycles. The third kappa shape index (κ3) is 4.01. The van der Waals surface area contributed by atoms with E-state index in [2.05, 4.69) is 15.9 Å². The first kappa shape index (κ1) is 16.4. The topological polar surface area (TPSA) is 49.8 Å². The Kier molecular flexibility index (Phi) is 5.44. The van der Waals surface area contributed by atoms with Gasteiger partial charge in [0, 0.05) is 11.5 Å². The minimum Gasteiger partial charge on any atom is -0.507 e. The molecule has 116 valence electrons. The lowest BCUT2D eigenvalue weighted by atomic mass is 10.2. The molecule has 4 nitrogen and oxygen atoms in total. The molecule has 0 radical (unpaired) electrons. The van der Waals surface area contributed by atoms with Crippen LogP contribution < -0.4 is 4.74 Å². The van der Waals surface area contributed by atoms with Crippen molar-refractivity contribution in [1.29, 1.82) is 0 Å². The van der Waals surface area contributed by atoms with E-state index in [-0.39, 0.29) is 17.2 Å². The lowest BCUT2D eigenvalue weighted by Crippen LogP contribution is -2.31. The molecule has 2 aromatic rings. The highest BCUT2D eigenvalue weighted by Crippen LogP contribution is 2.23. The molecule has 0 saturated heterocycles. The maximum absolute atomic E-state index is 12.3. The summed E-state index contributed by atoms with van der Waals surface area (Å²) in [5, 5.41) is 9.79. The Morgan fingerprint density at radius 1 is 1.27 bits per heavy atom. The summed E-state index contributed by atoms with van der Waals surface area (Å²) < 4.78 is 6.43. The molecule has 1 N–H and O–H groups in total. The molecule has 22 heavy (non-hydrogen) atoms. The number of phenolic OH excluding ortho intramolecular Hbond substituents is 1. The van der Waals surface area contributed by atoms with Crippen molar-refractivity contribution in [3.63, 3.8) is 0 Å². The van der Waals surface area contributed by atoms with Crippen molar-refractivity contribution in [2.75, 3.05) is 20.2 Å². The second-order valence-corrected chi connectivity index (χ2v) is 5.92. The van der Waals surface area contributed by atoms with Crippen LogP contribution in [-0.2, 0) is 0 Å². The monoisotopic (exact) mass is 363 g/mol. The Labute approximate surface area is 138 Å². The van der Waals surface area contributed by atoms with E-state index in [1.807, 2.05) is 31.2 Å². The summed E-state index contributed by atoms with van der Waals surface area (Å²) in [6, 6.07) is 12.5. The lowest BCUT2D eigenvalue weighted by molar-refractivity contribution is 0.0770. The van der Waals surface area contributed by atoms with Crippen LogP contribution in [0, 0.1) is 6.92 Å². The number of likely N-dealkylation sites (N-methyl/N-ethyl adjacent to an activating group) is 1. The molecule has 0 unspecified atom stereocenters. The van der Waals surface area contributed by atoms with Gasteiger partial charge in [-0.15, -0.1) is 0 Å². The van der Waals surface area contributed by atoms with Crippen molar-refractivity contribution >= 4 is 21.8 Å². The van der Waals surface area contributed by atoms with Crippen LogP contribution in [0.3, 0.4) is 0 Å². The van der Waals surface area contributed by atoms with Crippen molar-refractivity contribution < 1.29 is 14.6 Å². The first-order valence-corrected chi connectivity index (χ1v) is 7.70. The van der Waals surface area contributed by atoms with Gasteiger partial charge in [0.15, 0.2) is 0 Å². The lowest BCUT2D eigenvalue weighted by Gasteiger charge is -2.18. The number of halogens is 1. The van der Waals surface area contributed by atoms with Gasteiger partial charge in [-0.25, -0.2) is 0 Å². The number of para-hydroxylation sites is 1. The number of benzene rings is 2. The molecular weight excluding hydrogens is 346 g/mol. The van der Waals surface area contributed by atoms with E-state index in [1.165, 1.54) is 11.0 Å². The minimum absolute atomic E-state index is 0.0279. The number of carbonyl (C=O) groups is 1. The number of rotatable bonds is 5. The Morgan fingerprint density at radius 3 is 2.73 bits per heavy atom. The summed E-state index contributed by atoms with van der Waals surface area (Å²) in [5.74, 6) is 0.542. The van der Waals surface area contributed by atoms with E-state index in [0.717, 1.165) is 15.8 Å². The molecule has 0 heterocycles. The first-order valence-electron chi connectivity index (χ1n) is 6.91. The van der Waals surface area contributed by atoms with Gasteiger partial charge in [-0.1, -0.05) is 34.1 Å². The van der Waals surface area contributed by atoms with Crippen molar-refractivity contribution in [3.8, 4) is 11.5 Å². The minimum atomic E-state index is -0.243. The molecule has 5 heteroatoms. The molecule has 2 rings (SSSR count). The summed E-state index contributed by atoms with van der Waals surface area (Å²) in [5.41, 5.74) is 1.33. The van der Waals surface area contributed by atoms with Crippen molar-refractivity contribution in [3.05, 3.63) is 58.1 Å². The summed E-state index contributed by atoms with van der Waals surface area (Å²) in [4.78, 5) is 13.8. The van der Waals surface area contributed by atoms with Crippen LogP contribution in [0.5, 0.6) is 11.5 Å². The predicted molar refractivity (Wildman–Crippen MR) is 89.4 cm³/mol. The average molecular weight is 364 g/mol. The average Bonchev–Trinajstić information content (AvgIpc) is 2.50. The van der Waals surface area contributed by atoms with E-state index in [4.69, 9.17) is 4.74 Å². The van der Waals surface area contributed by atoms with Crippen molar-refractivity contribution in [1.82, 2.24) is 4.90 Å². The fraction of sp³-hybridized carbons (Fsp3) is 0.235. The fourth-order valence-electron chi connectivity index (χ4n) is 2.00. The maximum Gasteiger partial charge on any atom is 0.257 e. The van der Waals surface area contributed by atoms with Gasteiger partial charge in [0.1, 0.15) is 18.1 Å². The number of aryl methyl sites for hydroxylation is 1. The van der Waals surface area contributed by atoms with Gasteiger partial charge in [-0.3, -0.25) is 4.79 Å². The van der Waals surface area contributed by atoms with Gasteiger partial charge in [0.2, 0.25) is 0 Å². The van der Waals surface area contributed by atoms with Crippen molar-refractivity contribution in [2.24, 2.45) is 0 Å². The van der Waals surface area contributed by atoms with Gasteiger partial charge >= 0.3 is 0 Å². The van der Waals surface area contributed by atoms with Crippen LogP contribution in [0.25, 0.3) is 0 Å². The number of ether oxygens (including phenoxy) is 1. The highest BCUT2D eigenvalue weighted by molar-refractivity contribution is 9.10. The molecule has 0 atom stereocenters. The molecule has 0 bridgehead atoms. The van der Waals surface area contributed by atoms with Crippen LogP contribution in [0.2, 0.25) is 0 Å².